The second kappa shape index (κ2) is 5.16. The molecule has 0 fully saturated rings. The molecule has 4 nitrogen and oxygen atoms in total. The van der Waals surface area contributed by atoms with Crippen LogP contribution in [-0.2, 0) is 11.3 Å². The Labute approximate surface area is 94.2 Å². The Hall–Kier alpha value is -1.03. The molecule has 0 aliphatic heterocycles. The van der Waals surface area contributed by atoms with Crippen LogP contribution in [0.15, 0.2) is 6.20 Å². The van der Waals surface area contributed by atoms with Gasteiger partial charge in [-0.25, -0.2) is 4.79 Å². The van der Waals surface area contributed by atoms with Crippen molar-refractivity contribution >= 4 is 17.6 Å². The summed E-state index contributed by atoms with van der Waals surface area (Å²) in [5.74, 6) is -0.0129. The van der Waals surface area contributed by atoms with Crippen molar-refractivity contribution in [3.8, 4) is 0 Å². The summed E-state index contributed by atoms with van der Waals surface area (Å²) >= 11 is 5.87. The molecular weight excluding hydrogens is 216 g/mol. The van der Waals surface area contributed by atoms with E-state index >= 15 is 0 Å². The summed E-state index contributed by atoms with van der Waals surface area (Å²) in [5, 5.41) is 4.42. The van der Waals surface area contributed by atoms with E-state index in [-0.39, 0.29) is 5.69 Å². The number of carbonyl (C=O) groups excluding carboxylic acids is 1. The molecule has 0 aliphatic carbocycles. The Bertz CT molecular complexity index is 347. The number of carbonyl (C=O) groups is 1. The molecule has 1 aromatic rings. The highest BCUT2D eigenvalue weighted by Crippen LogP contribution is 2.15. The van der Waals surface area contributed by atoms with E-state index in [0.29, 0.717) is 17.5 Å². The number of hydrogen-bond donors (Lipinski definition) is 0. The lowest BCUT2D eigenvalue weighted by atomic mass is 10.2. The van der Waals surface area contributed by atoms with Gasteiger partial charge in [0.15, 0.2) is 5.69 Å². The van der Waals surface area contributed by atoms with Gasteiger partial charge in [0.25, 0.3) is 0 Å². The van der Waals surface area contributed by atoms with Gasteiger partial charge in [-0.1, -0.05) is 25.4 Å². The largest absolute Gasteiger partial charge is 0.461 e. The molecule has 0 N–H and O–H groups in total. The molecule has 0 unspecified atom stereocenters. The number of rotatable bonds is 4. The zero-order chi connectivity index (χ0) is 11.4. The number of esters is 1. The molecule has 0 atom stereocenters. The fourth-order valence-electron chi connectivity index (χ4n) is 1.20. The maximum atomic E-state index is 11.4. The minimum atomic E-state index is -0.468. The highest BCUT2D eigenvalue weighted by atomic mass is 35.5. The first kappa shape index (κ1) is 12.0. The van der Waals surface area contributed by atoms with Crippen molar-refractivity contribution in [2.24, 2.45) is 5.92 Å². The maximum Gasteiger partial charge on any atom is 0.360 e. The number of halogens is 1. The van der Waals surface area contributed by atoms with Gasteiger partial charge >= 0.3 is 5.97 Å². The van der Waals surface area contributed by atoms with Crippen molar-refractivity contribution < 1.29 is 9.53 Å². The van der Waals surface area contributed by atoms with Gasteiger partial charge in [-0.05, 0) is 12.8 Å². The molecule has 1 rings (SSSR count). The van der Waals surface area contributed by atoms with Crippen LogP contribution in [0, 0.1) is 5.92 Å². The van der Waals surface area contributed by atoms with E-state index < -0.39 is 5.97 Å². The van der Waals surface area contributed by atoms with Gasteiger partial charge in [0, 0.05) is 12.7 Å². The molecule has 5 heteroatoms. The van der Waals surface area contributed by atoms with Gasteiger partial charge in [-0.3, -0.25) is 4.68 Å². The second-order valence-corrected chi connectivity index (χ2v) is 4.07. The lowest BCUT2D eigenvalue weighted by Crippen LogP contribution is -2.09. The molecule has 0 saturated heterocycles. The first-order valence-corrected chi connectivity index (χ1v) is 5.32. The van der Waals surface area contributed by atoms with Gasteiger partial charge in [-0.15, -0.1) is 0 Å². The summed E-state index contributed by atoms with van der Waals surface area (Å²) in [4.78, 5) is 11.4. The summed E-state index contributed by atoms with van der Waals surface area (Å²) in [7, 11) is 0. The van der Waals surface area contributed by atoms with Gasteiger partial charge in [0.05, 0.1) is 11.6 Å². The number of aromatic nitrogens is 2. The van der Waals surface area contributed by atoms with Crippen LogP contribution in [0.1, 0.15) is 31.3 Å². The van der Waals surface area contributed by atoms with Crippen LogP contribution in [0.2, 0.25) is 5.02 Å². The van der Waals surface area contributed by atoms with Crippen LogP contribution in [-0.4, -0.2) is 22.4 Å². The normalized spacial score (nSPS) is 10.7. The van der Waals surface area contributed by atoms with E-state index in [4.69, 9.17) is 16.3 Å². The third-order valence-corrected chi connectivity index (χ3v) is 2.01. The Kier molecular flexibility index (Phi) is 4.15. The minimum Gasteiger partial charge on any atom is -0.461 e. The fourth-order valence-corrected chi connectivity index (χ4v) is 1.43. The van der Waals surface area contributed by atoms with Crippen LogP contribution in [0.3, 0.4) is 0 Å². The SMILES string of the molecule is CCOC(=O)c1nn(CC(C)C)cc1Cl. The zero-order valence-corrected chi connectivity index (χ0v) is 9.91. The fraction of sp³-hybridized carbons (Fsp3) is 0.600. The lowest BCUT2D eigenvalue weighted by Gasteiger charge is -2.03. The molecule has 84 valence electrons. The van der Waals surface area contributed by atoms with Crippen molar-refractivity contribution in [1.29, 1.82) is 0 Å². The standard InChI is InChI=1S/C10H15ClN2O2/c1-4-15-10(14)9-8(11)6-13(12-9)5-7(2)3/h6-7H,4-5H2,1-3H3. The van der Waals surface area contributed by atoms with Crippen molar-refractivity contribution in [3.63, 3.8) is 0 Å². The van der Waals surface area contributed by atoms with Gasteiger partial charge in [-0.2, -0.15) is 5.10 Å². The molecule has 0 saturated carbocycles. The summed E-state index contributed by atoms with van der Waals surface area (Å²) in [6, 6.07) is 0. The zero-order valence-electron chi connectivity index (χ0n) is 9.16. The Morgan fingerprint density at radius 2 is 2.33 bits per heavy atom. The third-order valence-electron chi connectivity index (χ3n) is 1.74. The van der Waals surface area contributed by atoms with E-state index in [1.54, 1.807) is 17.8 Å². The van der Waals surface area contributed by atoms with Gasteiger partial charge in [0.2, 0.25) is 0 Å². The monoisotopic (exact) mass is 230 g/mol. The first-order valence-electron chi connectivity index (χ1n) is 4.94. The molecule has 1 aromatic heterocycles. The van der Waals surface area contributed by atoms with Crippen LogP contribution in [0.4, 0.5) is 0 Å². The van der Waals surface area contributed by atoms with E-state index in [1.807, 2.05) is 0 Å². The molecule has 0 radical (unpaired) electrons. The van der Waals surface area contributed by atoms with Crippen LogP contribution < -0.4 is 0 Å². The van der Waals surface area contributed by atoms with Gasteiger partial charge in [0.1, 0.15) is 0 Å². The van der Waals surface area contributed by atoms with Crippen LogP contribution in [0.25, 0.3) is 0 Å². The first-order chi connectivity index (χ1) is 7.04. The molecule has 0 aliphatic rings. The quantitative estimate of drug-likeness (QED) is 0.746. The van der Waals surface area contributed by atoms with Crippen LogP contribution in [0.5, 0.6) is 0 Å². The predicted molar refractivity (Wildman–Crippen MR) is 58.0 cm³/mol. The van der Waals surface area contributed by atoms with E-state index in [2.05, 4.69) is 18.9 Å². The Balaban J connectivity index is 2.81. The number of nitrogens with zero attached hydrogens (tertiary/aromatic N) is 2. The third kappa shape index (κ3) is 3.23. The van der Waals surface area contributed by atoms with Crippen LogP contribution >= 0.6 is 11.6 Å². The average Bonchev–Trinajstić information content (AvgIpc) is 2.46. The van der Waals surface area contributed by atoms with Gasteiger partial charge < -0.3 is 4.74 Å². The summed E-state index contributed by atoms with van der Waals surface area (Å²) in [5.41, 5.74) is 0.194. The van der Waals surface area contributed by atoms with Crippen molar-refractivity contribution in [1.82, 2.24) is 9.78 Å². The molecule has 15 heavy (non-hydrogen) atoms. The predicted octanol–water partition coefficient (Wildman–Crippen LogP) is 2.37. The minimum absolute atomic E-state index is 0.194. The summed E-state index contributed by atoms with van der Waals surface area (Å²) < 4.78 is 6.49. The number of hydrogen-bond acceptors (Lipinski definition) is 3. The highest BCUT2D eigenvalue weighted by Gasteiger charge is 2.16. The molecular formula is C10H15ClN2O2. The summed E-state index contributed by atoms with van der Waals surface area (Å²) in [6.45, 7) is 6.95. The second-order valence-electron chi connectivity index (χ2n) is 3.66. The highest BCUT2D eigenvalue weighted by molar-refractivity contribution is 6.33. The van der Waals surface area contributed by atoms with E-state index in [1.165, 1.54) is 0 Å². The molecule has 1 heterocycles. The maximum absolute atomic E-state index is 11.4. The molecule has 0 aromatic carbocycles. The van der Waals surface area contributed by atoms with Crippen molar-refractivity contribution in [2.75, 3.05) is 6.61 Å². The van der Waals surface area contributed by atoms with Crippen molar-refractivity contribution in [2.45, 2.75) is 27.3 Å². The Morgan fingerprint density at radius 1 is 1.67 bits per heavy atom. The lowest BCUT2D eigenvalue weighted by molar-refractivity contribution is 0.0518. The smallest absolute Gasteiger partial charge is 0.360 e. The molecule has 0 bridgehead atoms. The van der Waals surface area contributed by atoms with E-state index in [9.17, 15) is 4.79 Å². The van der Waals surface area contributed by atoms with E-state index in [0.717, 1.165) is 6.54 Å². The van der Waals surface area contributed by atoms with Crippen molar-refractivity contribution in [3.05, 3.63) is 16.9 Å². The number of ether oxygens (including phenoxy) is 1. The molecule has 0 amide bonds. The average molecular weight is 231 g/mol. The molecule has 0 spiro atoms. The Morgan fingerprint density at radius 3 is 2.87 bits per heavy atom. The topological polar surface area (TPSA) is 44.1 Å². The summed E-state index contributed by atoms with van der Waals surface area (Å²) in [6.07, 6.45) is 1.65.